The molecule has 19 heavy (non-hydrogen) atoms. The van der Waals surface area contributed by atoms with Crippen LogP contribution < -0.4 is 5.32 Å². The highest BCUT2D eigenvalue weighted by Crippen LogP contribution is 1.90. The summed E-state index contributed by atoms with van der Waals surface area (Å²) in [6, 6.07) is 0.243. The van der Waals surface area contributed by atoms with Crippen molar-refractivity contribution in [3.63, 3.8) is 0 Å². The molecule has 0 fully saturated rings. The Morgan fingerprint density at radius 2 is 1.74 bits per heavy atom. The predicted molar refractivity (Wildman–Crippen MR) is 76.5 cm³/mol. The van der Waals surface area contributed by atoms with Gasteiger partial charge >= 0.3 is 0 Å². The van der Waals surface area contributed by atoms with Gasteiger partial charge in [0.25, 0.3) is 0 Å². The largest absolute Gasteiger partial charge is 0.389 e. The zero-order valence-corrected chi connectivity index (χ0v) is 12.7. The van der Waals surface area contributed by atoms with Crippen molar-refractivity contribution < 1.29 is 19.3 Å². The van der Waals surface area contributed by atoms with E-state index in [9.17, 15) is 5.11 Å². The Hall–Kier alpha value is -0.200. The molecule has 0 aliphatic carbocycles. The molecule has 2 N–H and O–H groups in total. The lowest BCUT2D eigenvalue weighted by atomic mass is 10.3. The highest BCUT2D eigenvalue weighted by atomic mass is 16.5. The number of ether oxygens (including phenoxy) is 3. The van der Waals surface area contributed by atoms with Crippen molar-refractivity contribution in [2.75, 3.05) is 46.2 Å². The Morgan fingerprint density at radius 1 is 1.00 bits per heavy atom. The number of nitrogens with one attached hydrogen (secondary N) is 1. The minimum Gasteiger partial charge on any atom is -0.389 e. The summed E-state index contributed by atoms with van der Waals surface area (Å²) in [6.45, 7) is 10.3. The van der Waals surface area contributed by atoms with Crippen LogP contribution in [0.3, 0.4) is 0 Å². The second-order valence-corrected chi connectivity index (χ2v) is 4.66. The molecular weight excluding hydrogens is 246 g/mol. The molecule has 0 bridgehead atoms. The van der Waals surface area contributed by atoms with Crippen molar-refractivity contribution in [2.45, 2.75) is 45.8 Å². The SMILES string of the molecule is CCCCOCCOCC(O)CNC(C)COCC. The van der Waals surface area contributed by atoms with Crippen LogP contribution in [0, 0.1) is 0 Å². The van der Waals surface area contributed by atoms with Crippen LogP contribution in [0.2, 0.25) is 0 Å². The molecule has 0 amide bonds. The topological polar surface area (TPSA) is 60.0 Å². The summed E-state index contributed by atoms with van der Waals surface area (Å²) in [6.07, 6.45) is 1.75. The quantitative estimate of drug-likeness (QED) is 0.467. The number of aliphatic hydroxyl groups is 1. The second-order valence-electron chi connectivity index (χ2n) is 4.66. The van der Waals surface area contributed by atoms with Gasteiger partial charge in [-0.25, -0.2) is 0 Å². The van der Waals surface area contributed by atoms with Crippen LogP contribution in [0.15, 0.2) is 0 Å². The molecule has 0 heterocycles. The van der Waals surface area contributed by atoms with Gasteiger partial charge in [-0.3, -0.25) is 0 Å². The maximum atomic E-state index is 9.70. The zero-order valence-electron chi connectivity index (χ0n) is 12.7. The third-order valence-electron chi connectivity index (χ3n) is 2.60. The van der Waals surface area contributed by atoms with E-state index in [0.717, 1.165) is 26.1 Å². The van der Waals surface area contributed by atoms with E-state index in [1.165, 1.54) is 0 Å². The smallest absolute Gasteiger partial charge is 0.0897 e. The first kappa shape index (κ1) is 18.8. The fourth-order valence-electron chi connectivity index (χ4n) is 1.44. The van der Waals surface area contributed by atoms with Crippen LogP contribution >= 0.6 is 0 Å². The molecule has 2 atom stereocenters. The van der Waals surface area contributed by atoms with Gasteiger partial charge in [0.2, 0.25) is 0 Å². The molecule has 0 aliphatic heterocycles. The van der Waals surface area contributed by atoms with Crippen molar-refractivity contribution in [1.29, 1.82) is 0 Å². The third-order valence-corrected chi connectivity index (χ3v) is 2.60. The minimum absolute atomic E-state index is 0.243. The van der Waals surface area contributed by atoms with Gasteiger partial charge in [-0.1, -0.05) is 13.3 Å². The average molecular weight is 277 g/mol. The summed E-state index contributed by atoms with van der Waals surface area (Å²) in [4.78, 5) is 0. The molecule has 0 aromatic rings. The van der Waals surface area contributed by atoms with Gasteiger partial charge in [0.15, 0.2) is 0 Å². The maximum Gasteiger partial charge on any atom is 0.0897 e. The Morgan fingerprint density at radius 3 is 2.42 bits per heavy atom. The molecule has 5 heteroatoms. The molecule has 0 saturated carbocycles. The molecule has 0 aliphatic rings. The van der Waals surface area contributed by atoms with E-state index < -0.39 is 6.10 Å². The van der Waals surface area contributed by atoms with Crippen LogP contribution in [0.25, 0.3) is 0 Å². The number of hydrogen-bond acceptors (Lipinski definition) is 5. The molecule has 116 valence electrons. The van der Waals surface area contributed by atoms with Gasteiger partial charge in [-0.15, -0.1) is 0 Å². The van der Waals surface area contributed by atoms with E-state index in [2.05, 4.69) is 12.2 Å². The Balaban J connectivity index is 3.27. The van der Waals surface area contributed by atoms with Gasteiger partial charge < -0.3 is 24.6 Å². The fraction of sp³-hybridized carbons (Fsp3) is 1.00. The standard InChI is InChI=1S/C14H31NO4/c1-4-6-7-18-8-9-19-12-14(16)10-15-13(3)11-17-5-2/h13-16H,4-12H2,1-3H3. The molecule has 2 unspecified atom stereocenters. The number of hydrogen-bond donors (Lipinski definition) is 2. The first-order valence-corrected chi connectivity index (χ1v) is 7.35. The number of unbranched alkanes of at least 4 members (excludes halogenated alkanes) is 1. The Labute approximate surface area is 117 Å². The molecule has 0 saturated heterocycles. The molecule has 0 aromatic heterocycles. The van der Waals surface area contributed by atoms with Gasteiger partial charge in [0, 0.05) is 25.8 Å². The molecule has 0 radical (unpaired) electrons. The first-order valence-electron chi connectivity index (χ1n) is 7.35. The van der Waals surface area contributed by atoms with Crippen LogP contribution in [0.1, 0.15) is 33.6 Å². The van der Waals surface area contributed by atoms with E-state index in [-0.39, 0.29) is 6.04 Å². The Bertz CT molecular complexity index is 181. The van der Waals surface area contributed by atoms with E-state index in [1.54, 1.807) is 0 Å². The molecule has 0 rings (SSSR count). The molecular formula is C14H31NO4. The van der Waals surface area contributed by atoms with Crippen LogP contribution in [0.5, 0.6) is 0 Å². The van der Waals surface area contributed by atoms with E-state index in [0.29, 0.717) is 33.0 Å². The average Bonchev–Trinajstić information content (AvgIpc) is 2.41. The lowest BCUT2D eigenvalue weighted by Gasteiger charge is -2.17. The van der Waals surface area contributed by atoms with Crippen molar-refractivity contribution in [2.24, 2.45) is 0 Å². The highest BCUT2D eigenvalue weighted by molar-refractivity contribution is 4.64. The summed E-state index contributed by atoms with van der Waals surface area (Å²) in [5, 5.41) is 12.9. The lowest BCUT2D eigenvalue weighted by Crippen LogP contribution is -2.38. The van der Waals surface area contributed by atoms with Crippen molar-refractivity contribution >= 4 is 0 Å². The summed E-state index contributed by atoms with van der Waals surface area (Å²) in [5.41, 5.74) is 0. The molecule has 0 aromatic carbocycles. The molecule has 0 spiro atoms. The maximum absolute atomic E-state index is 9.70. The van der Waals surface area contributed by atoms with Crippen molar-refractivity contribution in [1.82, 2.24) is 5.32 Å². The van der Waals surface area contributed by atoms with Crippen LogP contribution in [-0.4, -0.2) is 63.4 Å². The zero-order chi connectivity index (χ0) is 14.3. The molecule has 5 nitrogen and oxygen atoms in total. The summed E-state index contributed by atoms with van der Waals surface area (Å²) in [5.74, 6) is 0. The lowest BCUT2D eigenvalue weighted by molar-refractivity contribution is 0.00234. The summed E-state index contributed by atoms with van der Waals surface area (Å²) in [7, 11) is 0. The van der Waals surface area contributed by atoms with E-state index in [1.807, 2.05) is 13.8 Å². The summed E-state index contributed by atoms with van der Waals surface area (Å²) < 4.78 is 16.0. The number of rotatable bonds is 14. The summed E-state index contributed by atoms with van der Waals surface area (Å²) >= 11 is 0. The van der Waals surface area contributed by atoms with Crippen LogP contribution in [0.4, 0.5) is 0 Å². The first-order chi connectivity index (χ1) is 9.20. The van der Waals surface area contributed by atoms with Crippen LogP contribution in [-0.2, 0) is 14.2 Å². The minimum atomic E-state index is -0.486. The highest BCUT2D eigenvalue weighted by Gasteiger charge is 2.07. The number of aliphatic hydroxyl groups excluding tert-OH is 1. The second kappa shape index (κ2) is 14.2. The predicted octanol–water partition coefficient (Wildman–Crippen LogP) is 1.20. The van der Waals surface area contributed by atoms with Crippen molar-refractivity contribution in [3.8, 4) is 0 Å². The normalized spacial score (nSPS) is 14.5. The monoisotopic (exact) mass is 277 g/mol. The Kier molecular flexibility index (Phi) is 14.1. The van der Waals surface area contributed by atoms with E-state index >= 15 is 0 Å². The van der Waals surface area contributed by atoms with Gasteiger partial charge in [-0.05, 0) is 20.3 Å². The fourth-order valence-corrected chi connectivity index (χ4v) is 1.44. The third kappa shape index (κ3) is 14.0. The van der Waals surface area contributed by atoms with E-state index in [4.69, 9.17) is 14.2 Å². The van der Waals surface area contributed by atoms with Gasteiger partial charge in [0.05, 0.1) is 32.5 Å². The van der Waals surface area contributed by atoms with Gasteiger partial charge in [0.1, 0.15) is 0 Å². The van der Waals surface area contributed by atoms with Crippen molar-refractivity contribution in [3.05, 3.63) is 0 Å². The van der Waals surface area contributed by atoms with Gasteiger partial charge in [-0.2, -0.15) is 0 Å².